The summed E-state index contributed by atoms with van der Waals surface area (Å²) in [6, 6.07) is 16.6. The first kappa shape index (κ1) is 25.1. The van der Waals surface area contributed by atoms with E-state index in [0.29, 0.717) is 28.8 Å². The highest BCUT2D eigenvalue weighted by molar-refractivity contribution is 9.11. The van der Waals surface area contributed by atoms with Crippen molar-refractivity contribution in [1.29, 1.82) is 0 Å². The van der Waals surface area contributed by atoms with Gasteiger partial charge in [-0.2, -0.15) is 0 Å². The Labute approximate surface area is 214 Å². The summed E-state index contributed by atoms with van der Waals surface area (Å²) in [5.74, 6) is 1.48. The number of nitrogens with zero attached hydrogens (tertiary/aromatic N) is 1. The zero-order chi connectivity index (χ0) is 23.3. The van der Waals surface area contributed by atoms with Gasteiger partial charge >= 0.3 is 0 Å². The number of benzene rings is 3. The molecule has 9 heteroatoms. The minimum atomic E-state index is -1.07. The molecule has 0 aliphatic carbocycles. The number of hydrogen-bond acceptors (Lipinski definition) is 5. The highest BCUT2D eigenvalue weighted by Crippen LogP contribution is 2.34. The number of aliphatic hydroxyl groups is 1. The van der Waals surface area contributed by atoms with Gasteiger partial charge in [-0.15, -0.1) is 0 Å². The molecule has 0 fully saturated rings. The lowest BCUT2D eigenvalue weighted by atomic mass is 10.1. The molecular weight excluding hydrogens is 583 g/mol. The van der Waals surface area contributed by atoms with Crippen LogP contribution in [-0.4, -0.2) is 30.6 Å². The first-order chi connectivity index (χ1) is 15.3. The Morgan fingerprint density at radius 2 is 1.47 bits per heavy atom. The van der Waals surface area contributed by atoms with Crippen molar-refractivity contribution in [3.63, 3.8) is 0 Å². The second kappa shape index (κ2) is 11.6. The lowest BCUT2D eigenvalue weighted by Crippen LogP contribution is -2.40. The average molecular weight is 605 g/mol. The van der Waals surface area contributed by atoms with Gasteiger partial charge in [0.25, 0.3) is 0 Å². The van der Waals surface area contributed by atoms with Crippen molar-refractivity contribution < 1.29 is 14.6 Å². The summed E-state index contributed by atoms with van der Waals surface area (Å²) in [5.41, 5.74) is 2.42. The van der Waals surface area contributed by atoms with Crippen LogP contribution < -0.4 is 14.8 Å². The molecule has 0 saturated carbocycles. The number of ether oxygens (including phenoxy) is 2. The Morgan fingerprint density at radius 3 is 2.00 bits per heavy atom. The van der Waals surface area contributed by atoms with Gasteiger partial charge in [0, 0.05) is 22.0 Å². The van der Waals surface area contributed by atoms with E-state index in [1.54, 1.807) is 32.4 Å². The van der Waals surface area contributed by atoms with Crippen LogP contribution in [0.1, 0.15) is 11.1 Å². The molecule has 3 rings (SSSR count). The largest absolute Gasteiger partial charge is 0.497 e. The van der Waals surface area contributed by atoms with Crippen LogP contribution >= 0.6 is 55.1 Å². The average Bonchev–Trinajstić information content (AvgIpc) is 2.78. The smallest absolute Gasteiger partial charge is 0.184 e. The summed E-state index contributed by atoms with van der Waals surface area (Å²) >= 11 is 19.8. The van der Waals surface area contributed by atoms with Gasteiger partial charge in [0.05, 0.1) is 30.0 Å². The van der Waals surface area contributed by atoms with Crippen LogP contribution in [0.3, 0.4) is 0 Å². The topological polar surface area (TPSA) is 54.0 Å². The van der Waals surface area contributed by atoms with Crippen molar-refractivity contribution in [2.24, 2.45) is 0 Å². The molecule has 0 aliphatic heterocycles. The Bertz CT molecular complexity index is 1020. The van der Waals surface area contributed by atoms with Gasteiger partial charge in [0.2, 0.25) is 0 Å². The molecule has 32 heavy (non-hydrogen) atoms. The summed E-state index contributed by atoms with van der Waals surface area (Å²) < 4.78 is 12.3. The number of rotatable bonds is 9. The Kier molecular flexibility index (Phi) is 9.11. The Hall–Kier alpha value is -1.48. The molecule has 5 nitrogen and oxygen atoms in total. The molecule has 1 unspecified atom stereocenters. The predicted molar refractivity (Wildman–Crippen MR) is 137 cm³/mol. The molecule has 0 spiro atoms. The van der Waals surface area contributed by atoms with Crippen molar-refractivity contribution in [1.82, 2.24) is 4.90 Å². The number of halogens is 4. The Balaban J connectivity index is 1.91. The van der Waals surface area contributed by atoms with E-state index in [1.165, 1.54) is 0 Å². The number of anilines is 1. The van der Waals surface area contributed by atoms with Gasteiger partial charge < -0.3 is 19.9 Å². The predicted octanol–water partition coefficient (Wildman–Crippen LogP) is 6.93. The molecule has 0 saturated heterocycles. The van der Waals surface area contributed by atoms with Crippen molar-refractivity contribution >= 4 is 60.7 Å². The maximum atomic E-state index is 11.1. The van der Waals surface area contributed by atoms with E-state index in [9.17, 15) is 5.11 Å². The molecule has 0 radical (unpaired) electrons. The molecule has 2 N–H and O–H groups in total. The quantitative estimate of drug-likeness (QED) is 0.260. The van der Waals surface area contributed by atoms with E-state index in [1.807, 2.05) is 41.3 Å². The molecule has 0 aromatic heterocycles. The molecule has 0 heterocycles. The lowest BCUT2D eigenvalue weighted by Gasteiger charge is -2.30. The van der Waals surface area contributed by atoms with Crippen molar-refractivity contribution in [2.75, 3.05) is 19.5 Å². The van der Waals surface area contributed by atoms with E-state index in [4.69, 9.17) is 32.7 Å². The molecule has 170 valence electrons. The highest BCUT2D eigenvalue weighted by Gasteiger charge is 2.21. The second-order valence-electron chi connectivity index (χ2n) is 6.94. The van der Waals surface area contributed by atoms with E-state index in [2.05, 4.69) is 37.2 Å². The minimum Gasteiger partial charge on any atom is -0.497 e. The fourth-order valence-electron chi connectivity index (χ4n) is 3.10. The maximum absolute atomic E-state index is 11.1. The first-order valence-corrected chi connectivity index (χ1v) is 11.9. The summed E-state index contributed by atoms with van der Waals surface area (Å²) in [6.45, 7) is 0.860. The number of hydrogen-bond donors (Lipinski definition) is 2. The van der Waals surface area contributed by atoms with E-state index >= 15 is 0 Å². The zero-order valence-corrected chi connectivity index (χ0v) is 22.1. The van der Waals surface area contributed by atoms with Crippen molar-refractivity contribution in [2.45, 2.75) is 19.4 Å². The summed E-state index contributed by atoms with van der Waals surface area (Å²) in [4.78, 5) is 1.86. The number of para-hydroxylation sites is 1. The standard InChI is InChI=1S/C23H22Br2Cl2N2O3/c1-31-15-8-6-14(7-9-15)12-29(13-17-18(24)10-16(32-2)11-19(17)25)23(30)28-22-20(26)4-3-5-21(22)27/h3-11,23,28,30H,12-13H2,1-2H3. The third-order valence-corrected chi connectivity index (χ3v) is 6.88. The molecule has 0 aliphatic rings. The zero-order valence-electron chi connectivity index (χ0n) is 17.4. The fourth-order valence-corrected chi connectivity index (χ4v) is 5.00. The summed E-state index contributed by atoms with van der Waals surface area (Å²) in [5, 5.41) is 15.0. The van der Waals surface area contributed by atoms with Crippen LogP contribution in [0, 0.1) is 0 Å². The maximum Gasteiger partial charge on any atom is 0.184 e. The molecular formula is C23H22Br2Cl2N2O3. The number of methoxy groups -OCH3 is 2. The molecule has 1 atom stereocenters. The van der Waals surface area contributed by atoms with Crippen LogP contribution in [0.2, 0.25) is 10.0 Å². The third kappa shape index (κ3) is 6.31. The molecule has 0 amide bonds. The van der Waals surface area contributed by atoms with Crippen LogP contribution in [0.15, 0.2) is 63.5 Å². The van der Waals surface area contributed by atoms with Crippen LogP contribution in [0.4, 0.5) is 5.69 Å². The minimum absolute atomic E-state index is 0.410. The van der Waals surface area contributed by atoms with E-state index in [-0.39, 0.29) is 0 Å². The highest BCUT2D eigenvalue weighted by atomic mass is 79.9. The SMILES string of the molecule is COc1ccc(CN(Cc2c(Br)cc(OC)cc2Br)C(O)Nc2c(Cl)cccc2Cl)cc1. The lowest BCUT2D eigenvalue weighted by molar-refractivity contribution is 0.0135. The molecule has 3 aromatic rings. The molecule has 3 aromatic carbocycles. The van der Waals surface area contributed by atoms with Gasteiger partial charge in [-0.05, 0) is 47.5 Å². The van der Waals surface area contributed by atoms with Crippen LogP contribution in [0.5, 0.6) is 11.5 Å². The first-order valence-electron chi connectivity index (χ1n) is 9.60. The van der Waals surface area contributed by atoms with Crippen molar-refractivity contribution in [3.05, 3.63) is 84.7 Å². The van der Waals surface area contributed by atoms with Crippen molar-refractivity contribution in [3.8, 4) is 11.5 Å². The number of aliphatic hydroxyl groups excluding tert-OH is 1. The summed E-state index contributed by atoms with van der Waals surface area (Å²) in [6.07, 6.45) is -1.07. The van der Waals surface area contributed by atoms with Gasteiger partial charge in [-0.1, -0.05) is 73.3 Å². The van der Waals surface area contributed by atoms with Gasteiger partial charge in [0.1, 0.15) is 11.5 Å². The monoisotopic (exact) mass is 602 g/mol. The fraction of sp³-hybridized carbons (Fsp3) is 0.217. The van der Waals surface area contributed by atoms with Crippen LogP contribution in [0.25, 0.3) is 0 Å². The van der Waals surface area contributed by atoms with Gasteiger partial charge in [-0.3, -0.25) is 4.90 Å². The summed E-state index contributed by atoms with van der Waals surface area (Å²) in [7, 11) is 3.24. The molecule has 0 bridgehead atoms. The van der Waals surface area contributed by atoms with E-state index in [0.717, 1.165) is 31.6 Å². The van der Waals surface area contributed by atoms with E-state index < -0.39 is 6.35 Å². The second-order valence-corrected chi connectivity index (χ2v) is 9.46. The third-order valence-electron chi connectivity index (χ3n) is 4.84. The Morgan fingerprint density at radius 1 is 0.906 bits per heavy atom. The van der Waals surface area contributed by atoms with Gasteiger partial charge in [-0.25, -0.2) is 0 Å². The van der Waals surface area contributed by atoms with Crippen LogP contribution in [-0.2, 0) is 13.1 Å². The van der Waals surface area contributed by atoms with Gasteiger partial charge in [0.15, 0.2) is 6.35 Å². The number of nitrogens with one attached hydrogen (secondary N) is 1. The normalized spacial score (nSPS) is 12.0.